The number of benzene rings is 1. The van der Waals surface area contributed by atoms with Crippen LogP contribution in [-0.2, 0) is 0 Å². The molecule has 2 N–H and O–H groups in total. The molecule has 0 saturated heterocycles. The summed E-state index contributed by atoms with van der Waals surface area (Å²) in [7, 11) is 0. The van der Waals surface area contributed by atoms with E-state index in [2.05, 4.69) is 15.6 Å². The van der Waals surface area contributed by atoms with Gasteiger partial charge in [0.1, 0.15) is 5.82 Å². The summed E-state index contributed by atoms with van der Waals surface area (Å²) in [5.74, 6) is 0.559. The zero-order chi connectivity index (χ0) is 14.7. The largest absolute Gasteiger partial charge is 0.324 e. The summed E-state index contributed by atoms with van der Waals surface area (Å²) in [6.07, 6.45) is 0. The molecule has 2 aromatic rings. The van der Waals surface area contributed by atoms with Crippen LogP contribution in [0.2, 0.25) is 0 Å². The molecule has 0 bridgehead atoms. The summed E-state index contributed by atoms with van der Waals surface area (Å²) >= 11 is 0. The topological polar surface area (TPSA) is 54.0 Å². The van der Waals surface area contributed by atoms with Crippen molar-refractivity contribution < 1.29 is 4.79 Å². The van der Waals surface area contributed by atoms with Crippen LogP contribution in [0.5, 0.6) is 0 Å². The molecule has 0 aliphatic heterocycles. The van der Waals surface area contributed by atoms with Gasteiger partial charge in [-0.05, 0) is 68.7 Å². The molecule has 0 spiro atoms. The van der Waals surface area contributed by atoms with Gasteiger partial charge in [-0.3, -0.25) is 5.32 Å². The minimum Gasteiger partial charge on any atom is -0.308 e. The van der Waals surface area contributed by atoms with Crippen LogP contribution in [-0.4, -0.2) is 11.0 Å². The molecular weight excluding hydrogens is 250 g/mol. The summed E-state index contributed by atoms with van der Waals surface area (Å²) < 4.78 is 0. The molecule has 0 fully saturated rings. The van der Waals surface area contributed by atoms with Gasteiger partial charge in [-0.15, -0.1) is 0 Å². The van der Waals surface area contributed by atoms with Gasteiger partial charge in [-0.25, -0.2) is 9.78 Å². The lowest BCUT2D eigenvalue weighted by molar-refractivity contribution is 0.262. The molecular formula is C16H19N3O. The van der Waals surface area contributed by atoms with Crippen LogP contribution in [0.4, 0.5) is 16.3 Å². The number of carbonyl (C=O) groups excluding carboxylic acids is 1. The Morgan fingerprint density at radius 2 is 1.70 bits per heavy atom. The van der Waals surface area contributed by atoms with Crippen molar-refractivity contribution in [1.29, 1.82) is 0 Å². The molecule has 2 rings (SSSR count). The van der Waals surface area contributed by atoms with Gasteiger partial charge >= 0.3 is 6.03 Å². The van der Waals surface area contributed by atoms with Crippen molar-refractivity contribution in [2.75, 3.05) is 10.6 Å². The Hall–Kier alpha value is -2.36. The highest BCUT2D eigenvalue weighted by molar-refractivity contribution is 5.99. The maximum absolute atomic E-state index is 11.9. The highest BCUT2D eigenvalue weighted by Crippen LogP contribution is 2.15. The Morgan fingerprint density at radius 3 is 2.35 bits per heavy atom. The third kappa shape index (κ3) is 3.57. The first kappa shape index (κ1) is 14.1. The van der Waals surface area contributed by atoms with Crippen LogP contribution in [0.3, 0.4) is 0 Å². The smallest absolute Gasteiger partial charge is 0.308 e. The van der Waals surface area contributed by atoms with Crippen LogP contribution < -0.4 is 10.6 Å². The molecule has 0 radical (unpaired) electrons. The molecule has 0 atom stereocenters. The quantitative estimate of drug-likeness (QED) is 0.867. The predicted octanol–water partition coefficient (Wildman–Crippen LogP) is 3.96. The number of urea groups is 1. The maximum Gasteiger partial charge on any atom is 0.324 e. The third-order valence-electron chi connectivity index (χ3n) is 3.10. The average molecular weight is 269 g/mol. The van der Waals surface area contributed by atoms with Crippen molar-refractivity contribution in [3.8, 4) is 0 Å². The number of hydrogen-bond acceptors (Lipinski definition) is 2. The minimum atomic E-state index is -0.286. The Balaban J connectivity index is 2.06. The first-order valence-electron chi connectivity index (χ1n) is 6.54. The summed E-state index contributed by atoms with van der Waals surface area (Å²) in [5, 5.41) is 5.55. The first-order valence-corrected chi connectivity index (χ1v) is 6.54. The number of carbonyl (C=O) groups is 1. The summed E-state index contributed by atoms with van der Waals surface area (Å²) in [6, 6.07) is 9.34. The number of nitrogens with zero attached hydrogens (tertiary/aromatic N) is 1. The lowest BCUT2D eigenvalue weighted by Crippen LogP contribution is -2.20. The number of aryl methyl sites for hydroxylation is 4. The minimum absolute atomic E-state index is 0.286. The second-order valence-electron chi connectivity index (χ2n) is 5.05. The maximum atomic E-state index is 11.9. The number of pyridine rings is 1. The standard InChI is InChI=1S/C16H19N3O/c1-10-7-13(4)17-15(8-10)19-16(20)18-14-6-5-11(2)12(3)9-14/h5-9H,1-4H3,(H2,17,18,19,20). The Morgan fingerprint density at radius 1 is 0.950 bits per heavy atom. The fourth-order valence-corrected chi connectivity index (χ4v) is 2.00. The number of anilines is 2. The highest BCUT2D eigenvalue weighted by atomic mass is 16.2. The summed E-state index contributed by atoms with van der Waals surface area (Å²) in [6.45, 7) is 7.93. The zero-order valence-corrected chi connectivity index (χ0v) is 12.2. The van der Waals surface area contributed by atoms with Crippen LogP contribution in [0, 0.1) is 27.7 Å². The molecule has 20 heavy (non-hydrogen) atoms. The van der Waals surface area contributed by atoms with Gasteiger partial charge in [0, 0.05) is 11.4 Å². The van der Waals surface area contributed by atoms with Crippen molar-refractivity contribution in [2.24, 2.45) is 0 Å². The van der Waals surface area contributed by atoms with E-state index in [0.29, 0.717) is 5.82 Å². The highest BCUT2D eigenvalue weighted by Gasteiger charge is 2.05. The van der Waals surface area contributed by atoms with Gasteiger partial charge in [-0.1, -0.05) is 6.07 Å². The molecule has 1 aromatic carbocycles. The summed E-state index contributed by atoms with van der Waals surface area (Å²) in [4.78, 5) is 16.2. The predicted molar refractivity (Wildman–Crippen MR) is 82.3 cm³/mol. The third-order valence-corrected chi connectivity index (χ3v) is 3.10. The Bertz CT molecular complexity index is 630. The van der Waals surface area contributed by atoms with Gasteiger partial charge in [0.05, 0.1) is 0 Å². The van der Waals surface area contributed by atoms with Crippen LogP contribution >= 0.6 is 0 Å². The monoisotopic (exact) mass is 269 g/mol. The summed E-state index contributed by atoms with van der Waals surface area (Å²) in [5.41, 5.74) is 5.07. The molecule has 1 heterocycles. The van der Waals surface area contributed by atoms with Gasteiger partial charge < -0.3 is 5.32 Å². The van der Waals surface area contributed by atoms with E-state index in [1.165, 1.54) is 5.56 Å². The number of nitrogens with one attached hydrogen (secondary N) is 2. The molecule has 104 valence electrons. The van der Waals surface area contributed by atoms with E-state index in [0.717, 1.165) is 22.5 Å². The van der Waals surface area contributed by atoms with Crippen molar-refractivity contribution in [3.05, 3.63) is 52.7 Å². The van der Waals surface area contributed by atoms with Crippen molar-refractivity contribution in [1.82, 2.24) is 4.98 Å². The van der Waals surface area contributed by atoms with Crippen molar-refractivity contribution >= 4 is 17.5 Å². The van der Waals surface area contributed by atoms with E-state index in [4.69, 9.17) is 0 Å². The van der Waals surface area contributed by atoms with E-state index in [1.54, 1.807) is 0 Å². The van der Waals surface area contributed by atoms with E-state index < -0.39 is 0 Å². The van der Waals surface area contributed by atoms with E-state index in [9.17, 15) is 4.79 Å². The molecule has 0 aliphatic carbocycles. The van der Waals surface area contributed by atoms with Crippen molar-refractivity contribution in [2.45, 2.75) is 27.7 Å². The number of amides is 2. The Labute approximate surface area is 119 Å². The van der Waals surface area contributed by atoms with Crippen LogP contribution in [0.15, 0.2) is 30.3 Å². The Kier molecular flexibility index (Phi) is 4.03. The first-order chi connectivity index (χ1) is 9.44. The second-order valence-corrected chi connectivity index (χ2v) is 5.05. The average Bonchev–Trinajstić information content (AvgIpc) is 2.32. The second kappa shape index (κ2) is 5.74. The molecule has 0 saturated carbocycles. The van der Waals surface area contributed by atoms with Crippen LogP contribution in [0.1, 0.15) is 22.4 Å². The lowest BCUT2D eigenvalue weighted by atomic mass is 10.1. The van der Waals surface area contributed by atoms with Crippen molar-refractivity contribution in [3.63, 3.8) is 0 Å². The molecule has 4 nitrogen and oxygen atoms in total. The van der Waals surface area contributed by atoms with E-state index in [1.807, 2.05) is 58.0 Å². The fourth-order valence-electron chi connectivity index (χ4n) is 2.00. The molecule has 1 aromatic heterocycles. The number of hydrogen-bond donors (Lipinski definition) is 2. The zero-order valence-electron chi connectivity index (χ0n) is 12.2. The van der Waals surface area contributed by atoms with Gasteiger partial charge in [-0.2, -0.15) is 0 Å². The van der Waals surface area contributed by atoms with Gasteiger partial charge in [0.25, 0.3) is 0 Å². The normalized spacial score (nSPS) is 10.2. The number of rotatable bonds is 2. The molecule has 0 aliphatic rings. The van der Waals surface area contributed by atoms with Gasteiger partial charge in [0.2, 0.25) is 0 Å². The molecule has 4 heteroatoms. The lowest BCUT2D eigenvalue weighted by Gasteiger charge is -2.09. The fraction of sp³-hybridized carbons (Fsp3) is 0.250. The van der Waals surface area contributed by atoms with Crippen LogP contribution in [0.25, 0.3) is 0 Å². The molecule has 0 unspecified atom stereocenters. The SMILES string of the molecule is Cc1cc(C)nc(NC(=O)Nc2ccc(C)c(C)c2)c1. The van der Waals surface area contributed by atoms with Gasteiger partial charge in [0.15, 0.2) is 0 Å². The van der Waals surface area contributed by atoms with E-state index >= 15 is 0 Å². The van der Waals surface area contributed by atoms with E-state index in [-0.39, 0.29) is 6.03 Å². The molecule has 2 amide bonds. The number of aromatic nitrogens is 1.